The first-order valence-electron chi connectivity index (χ1n) is 7.09. The maximum absolute atomic E-state index is 5.35. The summed E-state index contributed by atoms with van der Waals surface area (Å²) >= 11 is 0. The zero-order valence-electron chi connectivity index (χ0n) is 12.4. The summed E-state index contributed by atoms with van der Waals surface area (Å²) in [6, 6.07) is 0.236. The lowest BCUT2D eigenvalue weighted by molar-refractivity contribution is 0.161. The van der Waals surface area contributed by atoms with Gasteiger partial charge in [-0.3, -0.25) is 4.98 Å². The van der Waals surface area contributed by atoms with Gasteiger partial charge in [-0.25, -0.2) is 4.98 Å². The SMILES string of the molecule is CNC(c1nccnc1OC)C1CCC(C)(C)CC1. The normalized spacial score (nSPS) is 21.1. The van der Waals surface area contributed by atoms with Gasteiger partial charge in [-0.15, -0.1) is 0 Å². The average Bonchev–Trinajstić information content (AvgIpc) is 2.42. The van der Waals surface area contributed by atoms with E-state index in [1.807, 2.05) is 7.05 Å². The predicted octanol–water partition coefficient (Wildman–Crippen LogP) is 2.96. The molecule has 0 radical (unpaired) electrons. The van der Waals surface area contributed by atoms with Crippen LogP contribution in [-0.4, -0.2) is 24.1 Å². The zero-order valence-corrected chi connectivity index (χ0v) is 12.4. The maximum Gasteiger partial charge on any atom is 0.237 e. The molecule has 1 heterocycles. The molecule has 1 aliphatic carbocycles. The van der Waals surface area contributed by atoms with E-state index in [2.05, 4.69) is 29.1 Å². The molecule has 0 spiro atoms. The Balaban J connectivity index is 2.16. The molecule has 0 saturated heterocycles. The summed E-state index contributed by atoms with van der Waals surface area (Å²) in [7, 11) is 3.66. The molecule has 0 amide bonds. The molecule has 106 valence electrons. The van der Waals surface area contributed by atoms with Crippen molar-refractivity contribution in [3.8, 4) is 5.88 Å². The molecule has 1 saturated carbocycles. The highest BCUT2D eigenvalue weighted by Gasteiger charge is 2.33. The molecule has 2 rings (SSSR count). The van der Waals surface area contributed by atoms with Crippen molar-refractivity contribution in [2.75, 3.05) is 14.2 Å². The van der Waals surface area contributed by atoms with Crippen LogP contribution in [-0.2, 0) is 0 Å². The highest BCUT2D eigenvalue weighted by atomic mass is 16.5. The minimum absolute atomic E-state index is 0.236. The third-order valence-electron chi connectivity index (χ3n) is 4.35. The lowest BCUT2D eigenvalue weighted by Gasteiger charge is -2.37. The molecule has 4 heteroatoms. The number of methoxy groups -OCH3 is 1. The largest absolute Gasteiger partial charge is 0.480 e. The Kier molecular flexibility index (Phi) is 4.40. The Hall–Kier alpha value is -1.16. The maximum atomic E-state index is 5.35. The summed E-state index contributed by atoms with van der Waals surface area (Å²) in [4.78, 5) is 8.75. The first-order valence-corrected chi connectivity index (χ1v) is 7.09. The van der Waals surface area contributed by atoms with Gasteiger partial charge in [0.2, 0.25) is 5.88 Å². The molecule has 1 fully saturated rings. The molecular weight excluding hydrogens is 238 g/mol. The number of hydrogen-bond acceptors (Lipinski definition) is 4. The van der Waals surface area contributed by atoms with E-state index >= 15 is 0 Å². The second-order valence-corrected chi connectivity index (χ2v) is 6.22. The molecule has 1 N–H and O–H groups in total. The van der Waals surface area contributed by atoms with E-state index in [1.54, 1.807) is 19.5 Å². The van der Waals surface area contributed by atoms with Gasteiger partial charge in [0, 0.05) is 12.4 Å². The summed E-state index contributed by atoms with van der Waals surface area (Å²) in [5.74, 6) is 1.26. The molecule has 4 nitrogen and oxygen atoms in total. The van der Waals surface area contributed by atoms with Crippen LogP contribution < -0.4 is 10.1 Å². The van der Waals surface area contributed by atoms with Crippen molar-refractivity contribution in [2.24, 2.45) is 11.3 Å². The van der Waals surface area contributed by atoms with Crippen molar-refractivity contribution in [3.63, 3.8) is 0 Å². The Morgan fingerprint density at radius 2 is 1.89 bits per heavy atom. The number of aromatic nitrogens is 2. The molecule has 1 aliphatic rings. The first kappa shape index (κ1) is 14.3. The average molecular weight is 263 g/mol. The molecule has 1 unspecified atom stereocenters. The molecule has 1 aromatic heterocycles. The molecule has 19 heavy (non-hydrogen) atoms. The summed E-state index contributed by atoms with van der Waals surface area (Å²) in [6.07, 6.45) is 8.45. The van der Waals surface area contributed by atoms with Gasteiger partial charge in [0.1, 0.15) is 5.69 Å². The van der Waals surface area contributed by atoms with Crippen LogP contribution in [0.3, 0.4) is 0 Å². The fourth-order valence-electron chi connectivity index (χ4n) is 3.06. The van der Waals surface area contributed by atoms with Crippen LogP contribution in [0.15, 0.2) is 12.4 Å². The van der Waals surface area contributed by atoms with E-state index in [0.717, 1.165) is 5.69 Å². The third kappa shape index (κ3) is 3.24. The van der Waals surface area contributed by atoms with Gasteiger partial charge in [0.15, 0.2) is 0 Å². The van der Waals surface area contributed by atoms with Crippen LogP contribution in [0, 0.1) is 11.3 Å². The highest BCUT2D eigenvalue weighted by Crippen LogP contribution is 2.43. The fraction of sp³-hybridized carbons (Fsp3) is 0.733. The van der Waals surface area contributed by atoms with Crippen LogP contribution >= 0.6 is 0 Å². The number of nitrogens with zero attached hydrogens (tertiary/aromatic N) is 2. The Morgan fingerprint density at radius 1 is 1.26 bits per heavy atom. The van der Waals surface area contributed by atoms with E-state index in [-0.39, 0.29) is 6.04 Å². The van der Waals surface area contributed by atoms with Crippen molar-refractivity contribution >= 4 is 0 Å². The van der Waals surface area contributed by atoms with Gasteiger partial charge in [0.25, 0.3) is 0 Å². The van der Waals surface area contributed by atoms with E-state index in [4.69, 9.17) is 4.74 Å². The van der Waals surface area contributed by atoms with E-state index in [1.165, 1.54) is 25.7 Å². The summed E-state index contributed by atoms with van der Waals surface area (Å²) in [5.41, 5.74) is 1.43. The van der Waals surface area contributed by atoms with Gasteiger partial charge in [0.05, 0.1) is 13.2 Å². The van der Waals surface area contributed by atoms with Crippen molar-refractivity contribution in [1.82, 2.24) is 15.3 Å². The summed E-state index contributed by atoms with van der Waals surface area (Å²) in [5, 5.41) is 3.41. The standard InChI is InChI=1S/C15H25N3O/c1-15(2)7-5-11(6-8-15)12(16-3)13-14(19-4)18-10-9-17-13/h9-12,16H,5-8H2,1-4H3. The van der Waals surface area contributed by atoms with Crippen LogP contribution in [0.2, 0.25) is 0 Å². The van der Waals surface area contributed by atoms with Gasteiger partial charge in [-0.05, 0) is 44.1 Å². The lowest BCUT2D eigenvalue weighted by atomic mass is 9.70. The number of hydrogen-bond donors (Lipinski definition) is 1. The molecule has 0 aliphatic heterocycles. The summed E-state index contributed by atoms with van der Waals surface area (Å²) < 4.78 is 5.35. The van der Waals surface area contributed by atoms with E-state index in [0.29, 0.717) is 17.2 Å². The monoisotopic (exact) mass is 263 g/mol. The minimum atomic E-state index is 0.236. The summed E-state index contributed by atoms with van der Waals surface area (Å²) in [6.45, 7) is 4.72. The van der Waals surface area contributed by atoms with Crippen molar-refractivity contribution in [3.05, 3.63) is 18.1 Å². The quantitative estimate of drug-likeness (QED) is 0.907. The van der Waals surface area contributed by atoms with Gasteiger partial charge < -0.3 is 10.1 Å². The molecule has 0 bridgehead atoms. The number of nitrogens with one attached hydrogen (secondary N) is 1. The molecule has 0 aromatic carbocycles. The topological polar surface area (TPSA) is 47.0 Å². The molecule has 1 atom stereocenters. The smallest absolute Gasteiger partial charge is 0.237 e. The second kappa shape index (κ2) is 5.87. The zero-order chi connectivity index (χ0) is 13.9. The van der Waals surface area contributed by atoms with Gasteiger partial charge in [-0.1, -0.05) is 13.8 Å². The van der Waals surface area contributed by atoms with Crippen LogP contribution in [0.1, 0.15) is 51.3 Å². The first-order chi connectivity index (χ1) is 9.07. The van der Waals surface area contributed by atoms with Gasteiger partial charge in [-0.2, -0.15) is 0 Å². The number of ether oxygens (including phenoxy) is 1. The Labute approximate surface area is 116 Å². The van der Waals surface area contributed by atoms with Crippen LogP contribution in [0.25, 0.3) is 0 Å². The predicted molar refractivity (Wildman–Crippen MR) is 76.1 cm³/mol. The highest BCUT2D eigenvalue weighted by molar-refractivity contribution is 5.22. The fourth-order valence-corrected chi connectivity index (χ4v) is 3.06. The molecular formula is C15H25N3O. The van der Waals surface area contributed by atoms with E-state index < -0.39 is 0 Å². The van der Waals surface area contributed by atoms with Crippen LogP contribution in [0.4, 0.5) is 0 Å². The Bertz CT molecular complexity index is 410. The van der Waals surface area contributed by atoms with Crippen LogP contribution in [0.5, 0.6) is 5.88 Å². The van der Waals surface area contributed by atoms with Crippen molar-refractivity contribution < 1.29 is 4.74 Å². The van der Waals surface area contributed by atoms with Crippen molar-refractivity contribution in [2.45, 2.75) is 45.6 Å². The van der Waals surface area contributed by atoms with Gasteiger partial charge >= 0.3 is 0 Å². The molecule has 1 aromatic rings. The minimum Gasteiger partial charge on any atom is -0.480 e. The van der Waals surface area contributed by atoms with E-state index in [9.17, 15) is 0 Å². The lowest BCUT2D eigenvalue weighted by Crippen LogP contribution is -2.32. The second-order valence-electron chi connectivity index (χ2n) is 6.22. The van der Waals surface area contributed by atoms with Crippen molar-refractivity contribution in [1.29, 1.82) is 0 Å². The third-order valence-corrected chi connectivity index (χ3v) is 4.35. The number of rotatable bonds is 4. The Morgan fingerprint density at radius 3 is 2.47 bits per heavy atom.